The smallest absolute Gasteiger partial charge is 0.264 e. The Bertz CT molecular complexity index is 776. The molecule has 2 N–H and O–H groups in total. The highest BCUT2D eigenvalue weighted by atomic mass is 35.5. The van der Waals surface area contributed by atoms with Crippen molar-refractivity contribution in [2.24, 2.45) is 0 Å². The van der Waals surface area contributed by atoms with Gasteiger partial charge in [-0.2, -0.15) is 0 Å². The van der Waals surface area contributed by atoms with Crippen molar-refractivity contribution >= 4 is 35.6 Å². The Labute approximate surface area is 170 Å². The summed E-state index contributed by atoms with van der Waals surface area (Å²) < 4.78 is 0. The molecular formula is C20H26ClN3O2S. The van der Waals surface area contributed by atoms with Gasteiger partial charge >= 0.3 is 0 Å². The van der Waals surface area contributed by atoms with Crippen molar-refractivity contribution < 1.29 is 9.59 Å². The van der Waals surface area contributed by atoms with E-state index in [0.29, 0.717) is 13.1 Å². The fraction of sp³-hybridized carbons (Fsp3) is 0.400. The maximum absolute atomic E-state index is 13.1. The van der Waals surface area contributed by atoms with E-state index in [1.54, 1.807) is 0 Å². The number of hydrogen-bond donors (Lipinski definition) is 2. The van der Waals surface area contributed by atoms with Crippen LogP contribution in [0.25, 0.3) is 0 Å². The van der Waals surface area contributed by atoms with Crippen LogP contribution in [0.15, 0.2) is 36.4 Å². The van der Waals surface area contributed by atoms with E-state index in [4.69, 9.17) is 0 Å². The van der Waals surface area contributed by atoms with Crippen molar-refractivity contribution in [1.29, 1.82) is 0 Å². The average molecular weight is 408 g/mol. The van der Waals surface area contributed by atoms with E-state index in [-0.39, 0.29) is 30.3 Å². The molecule has 1 aromatic carbocycles. The highest BCUT2D eigenvalue weighted by molar-refractivity contribution is 7.14. The molecule has 2 amide bonds. The summed E-state index contributed by atoms with van der Waals surface area (Å²) in [6.07, 6.45) is 1.01. The normalized spacial score (nSPS) is 16.5. The molecule has 0 radical (unpaired) electrons. The van der Waals surface area contributed by atoms with Crippen LogP contribution in [0.1, 0.15) is 45.6 Å². The minimum atomic E-state index is -0.0658. The molecule has 1 aliphatic rings. The molecule has 0 aliphatic carbocycles. The number of amides is 2. The van der Waals surface area contributed by atoms with E-state index in [1.165, 1.54) is 23.8 Å². The molecule has 1 fully saturated rings. The van der Waals surface area contributed by atoms with Crippen LogP contribution in [-0.4, -0.2) is 36.3 Å². The molecule has 146 valence electrons. The number of carbonyl (C=O) groups is 2. The molecule has 0 spiro atoms. The third kappa shape index (κ3) is 5.31. The molecule has 1 saturated heterocycles. The first-order valence-corrected chi connectivity index (χ1v) is 9.83. The van der Waals surface area contributed by atoms with Crippen LogP contribution in [0.2, 0.25) is 0 Å². The number of piperazine rings is 1. The van der Waals surface area contributed by atoms with Gasteiger partial charge in [-0.3, -0.25) is 9.59 Å². The minimum absolute atomic E-state index is 0. The number of nitrogens with one attached hydrogen (secondary N) is 2. The summed E-state index contributed by atoms with van der Waals surface area (Å²) in [7, 11) is 0. The molecule has 27 heavy (non-hydrogen) atoms. The van der Waals surface area contributed by atoms with Gasteiger partial charge in [0.15, 0.2) is 0 Å². The second-order valence-electron chi connectivity index (χ2n) is 6.49. The van der Waals surface area contributed by atoms with Crippen LogP contribution in [0.5, 0.6) is 0 Å². The Morgan fingerprint density at radius 2 is 1.96 bits per heavy atom. The molecule has 0 saturated carbocycles. The zero-order valence-corrected chi connectivity index (χ0v) is 17.3. The lowest BCUT2D eigenvalue weighted by atomic mass is 10.0. The molecule has 1 atom stereocenters. The summed E-state index contributed by atoms with van der Waals surface area (Å²) in [4.78, 5) is 27.8. The van der Waals surface area contributed by atoms with Gasteiger partial charge in [-0.25, -0.2) is 0 Å². The van der Waals surface area contributed by atoms with Gasteiger partial charge in [0, 0.05) is 31.4 Å². The maximum atomic E-state index is 13.1. The fourth-order valence-corrected chi connectivity index (χ4v) is 4.07. The van der Waals surface area contributed by atoms with Crippen LogP contribution in [-0.2, 0) is 17.8 Å². The van der Waals surface area contributed by atoms with Gasteiger partial charge < -0.3 is 15.5 Å². The van der Waals surface area contributed by atoms with Gasteiger partial charge in [0.1, 0.15) is 0 Å². The Balaban J connectivity index is 0.00000261. The van der Waals surface area contributed by atoms with E-state index >= 15 is 0 Å². The molecule has 2 aromatic rings. The highest BCUT2D eigenvalue weighted by Crippen LogP contribution is 2.27. The van der Waals surface area contributed by atoms with Crippen molar-refractivity contribution in [3.05, 3.63) is 57.3 Å². The summed E-state index contributed by atoms with van der Waals surface area (Å²) in [5.74, 6) is -0.000820. The Hall–Kier alpha value is -1.89. The average Bonchev–Trinajstić information content (AvgIpc) is 3.15. The molecule has 1 aliphatic heterocycles. The fourth-order valence-electron chi connectivity index (χ4n) is 3.16. The zero-order chi connectivity index (χ0) is 18.5. The van der Waals surface area contributed by atoms with Crippen LogP contribution in [0, 0.1) is 0 Å². The summed E-state index contributed by atoms with van der Waals surface area (Å²) in [5.41, 5.74) is 2.47. The van der Waals surface area contributed by atoms with E-state index in [9.17, 15) is 9.59 Å². The van der Waals surface area contributed by atoms with Crippen molar-refractivity contribution in [2.45, 2.75) is 32.9 Å². The van der Waals surface area contributed by atoms with Crippen LogP contribution >= 0.6 is 23.7 Å². The highest BCUT2D eigenvalue weighted by Gasteiger charge is 2.29. The number of rotatable bonds is 5. The minimum Gasteiger partial charge on any atom is -0.351 e. The van der Waals surface area contributed by atoms with Crippen LogP contribution < -0.4 is 10.6 Å². The number of thiophene rings is 1. The molecule has 3 rings (SSSR count). The van der Waals surface area contributed by atoms with Gasteiger partial charge in [0.25, 0.3) is 5.91 Å². The second-order valence-corrected chi connectivity index (χ2v) is 7.66. The summed E-state index contributed by atoms with van der Waals surface area (Å²) in [5, 5.41) is 6.17. The van der Waals surface area contributed by atoms with Crippen molar-refractivity contribution in [3.63, 3.8) is 0 Å². The van der Waals surface area contributed by atoms with Gasteiger partial charge in [-0.1, -0.05) is 31.2 Å². The molecule has 0 bridgehead atoms. The Morgan fingerprint density at radius 1 is 1.22 bits per heavy atom. The van der Waals surface area contributed by atoms with E-state index in [1.807, 2.05) is 17.0 Å². The van der Waals surface area contributed by atoms with Gasteiger partial charge in [-0.05, 0) is 29.7 Å². The topological polar surface area (TPSA) is 61.4 Å². The number of hydrogen-bond acceptors (Lipinski definition) is 4. The molecule has 7 heteroatoms. The second kappa shape index (κ2) is 9.88. The lowest BCUT2D eigenvalue weighted by molar-refractivity contribution is -0.119. The van der Waals surface area contributed by atoms with E-state index in [0.717, 1.165) is 34.8 Å². The SMILES string of the molecule is CCc1ccc(C2CNCCN2C(=O)c2ccc(CNC(C)=O)s2)cc1.Cl. The predicted octanol–water partition coefficient (Wildman–Crippen LogP) is 3.16. The summed E-state index contributed by atoms with van der Waals surface area (Å²) in [6.45, 7) is 6.37. The number of nitrogens with zero attached hydrogens (tertiary/aromatic N) is 1. The molecule has 2 heterocycles. The monoisotopic (exact) mass is 407 g/mol. The Kier molecular flexibility index (Phi) is 7.83. The van der Waals surface area contributed by atoms with Crippen molar-refractivity contribution in [3.8, 4) is 0 Å². The first-order valence-electron chi connectivity index (χ1n) is 9.02. The molecule has 5 nitrogen and oxygen atoms in total. The maximum Gasteiger partial charge on any atom is 0.264 e. The van der Waals surface area contributed by atoms with Gasteiger partial charge in [0.2, 0.25) is 5.91 Å². The standard InChI is InChI=1S/C20H25N3O2S.ClH/c1-3-15-4-6-16(7-5-15)18-13-21-10-11-23(18)20(25)19-9-8-17(26-19)12-22-14(2)24;/h4-9,18,21H,3,10-13H2,1-2H3,(H,22,24);1H. The first kappa shape index (κ1) is 21.4. The number of carbonyl (C=O) groups excluding carboxylic acids is 2. The lowest BCUT2D eigenvalue weighted by Gasteiger charge is -2.36. The van der Waals surface area contributed by atoms with E-state index in [2.05, 4.69) is 41.8 Å². The lowest BCUT2D eigenvalue weighted by Crippen LogP contribution is -2.48. The number of benzene rings is 1. The summed E-state index contributed by atoms with van der Waals surface area (Å²) in [6, 6.07) is 12.4. The summed E-state index contributed by atoms with van der Waals surface area (Å²) >= 11 is 1.45. The number of aryl methyl sites for hydroxylation is 1. The quantitative estimate of drug-likeness (QED) is 0.800. The largest absolute Gasteiger partial charge is 0.351 e. The third-order valence-electron chi connectivity index (χ3n) is 4.66. The predicted molar refractivity (Wildman–Crippen MR) is 112 cm³/mol. The molecule has 1 unspecified atom stereocenters. The van der Waals surface area contributed by atoms with Crippen molar-refractivity contribution in [2.75, 3.05) is 19.6 Å². The molecular weight excluding hydrogens is 382 g/mol. The van der Waals surface area contributed by atoms with Crippen LogP contribution in [0.3, 0.4) is 0 Å². The Morgan fingerprint density at radius 3 is 2.63 bits per heavy atom. The van der Waals surface area contributed by atoms with Gasteiger partial charge in [0.05, 0.1) is 17.5 Å². The first-order chi connectivity index (χ1) is 12.6. The zero-order valence-electron chi connectivity index (χ0n) is 15.7. The van der Waals surface area contributed by atoms with Gasteiger partial charge in [-0.15, -0.1) is 23.7 Å². The van der Waals surface area contributed by atoms with E-state index < -0.39 is 0 Å². The van der Waals surface area contributed by atoms with Crippen LogP contribution in [0.4, 0.5) is 0 Å². The van der Waals surface area contributed by atoms with Crippen molar-refractivity contribution in [1.82, 2.24) is 15.5 Å². The third-order valence-corrected chi connectivity index (χ3v) is 5.73. The number of halogens is 1. The molecule has 1 aromatic heterocycles.